The number of hydrogen-bond acceptors (Lipinski definition) is 5. The van der Waals surface area contributed by atoms with E-state index in [4.69, 9.17) is 13.9 Å². The molecule has 0 fully saturated rings. The van der Waals surface area contributed by atoms with Crippen LogP contribution in [0, 0.1) is 0 Å². The summed E-state index contributed by atoms with van der Waals surface area (Å²) >= 11 is 0. The number of carbonyl (C=O) groups is 2. The topological polar surface area (TPSA) is 81.0 Å². The Labute approximate surface area is 164 Å². The van der Waals surface area contributed by atoms with Gasteiger partial charge in [-0.3, -0.25) is 9.59 Å². The molecule has 2 amide bonds. The smallest absolute Gasteiger partial charge is 0.246 e. The molecule has 0 aliphatic carbocycles. The van der Waals surface area contributed by atoms with Crippen molar-refractivity contribution in [1.29, 1.82) is 0 Å². The van der Waals surface area contributed by atoms with Crippen molar-refractivity contribution in [3.05, 3.63) is 66.6 Å². The third-order valence-electron chi connectivity index (χ3n) is 3.76. The SMILES string of the molecule is C=CCOc1ccc(C=CC(=O)N(C)CC(=O)NCc2ccco2)cc1OC. The van der Waals surface area contributed by atoms with Crippen molar-refractivity contribution in [2.75, 3.05) is 27.3 Å². The Kier molecular flexibility index (Phi) is 7.90. The van der Waals surface area contributed by atoms with Gasteiger partial charge in [0, 0.05) is 13.1 Å². The van der Waals surface area contributed by atoms with Gasteiger partial charge in [-0.15, -0.1) is 0 Å². The lowest BCUT2D eigenvalue weighted by atomic mass is 10.2. The lowest BCUT2D eigenvalue weighted by molar-refractivity contribution is -0.131. The van der Waals surface area contributed by atoms with Gasteiger partial charge >= 0.3 is 0 Å². The third kappa shape index (κ3) is 6.35. The molecule has 7 nitrogen and oxygen atoms in total. The van der Waals surface area contributed by atoms with Gasteiger partial charge in [-0.25, -0.2) is 0 Å². The molecular formula is C21H24N2O5. The minimum atomic E-state index is -0.293. The summed E-state index contributed by atoms with van der Waals surface area (Å²) in [5.74, 6) is 1.24. The van der Waals surface area contributed by atoms with Crippen molar-refractivity contribution in [2.45, 2.75) is 6.54 Å². The van der Waals surface area contributed by atoms with E-state index >= 15 is 0 Å². The zero-order chi connectivity index (χ0) is 20.4. The van der Waals surface area contributed by atoms with E-state index in [1.165, 1.54) is 17.2 Å². The fourth-order valence-electron chi connectivity index (χ4n) is 2.30. The number of nitrogens with zero attached hydrogens (tertiary/aromatic N) is 1. The first-order valence-electron chi connectivity index (χ1n) is 8.67. The average molecular weight is 384 g/mol. The lowest BCUT2D eigenvalue weighted by Crippen LogP contribution is -2.37. The summed E-state index contributed by atoms with van der Waals surface area (Å²) in [6, 6.07) is 8.84. The Hall–Kier alpha value is -3.48. The Bertz CT molecular complexity index is 827. The Morgan fingerprint density at radius 3 is 2.79 bits per heavy atom. The number of hydrogen-bond donors (Lipinski definition) is 1. The van der Waals surface area contributed by atoms with Gasteiger partial charge in [0.05, 0.1) is 26.5 Å². The van der Waals surface area contributed by atoms with E-state index in [9.17, 15) is 9.59 Å². The second kappa shape index (κ2) is 10.6. The van der Waals surface area contributed by atoms with Gasteiger partial charge in [0.2, 0.25) is 11.8 Å². The zero-order valence-corrected chi connectivity index (χ0v) is 16.0. The molecule has 7 heteroatoms. The number of nitrogens with one attached hydrogen (secondary N) is 1. The number of likely N-dealkylation sites (N-methyl/N-ethyl adjacent to an activating group) is 1. The van der Waals surface area contributed by atoms with E-state index in [1.54, 1.807) is 56.6 Å². The number of amides is 2. The van der Waals surface area contributed by atoms with Crippen LogP contribution in [0.4, 0.5) is 0 Å². The highest BCUT2D eigenvalue weighted by Crippen LogP contribution is 2.28. The number of rotatable bonds is 10. The maximum atomic E-state index is 12.2. The highest BCUT2D eigenvalue weighted by atomic mass is 16.5. The van der Waals surface area contributed by atoms with Crippen LogP contribution in [-0.2, 0) is 16.1 Å². The third-order valence-corrected chi connectivity index (χ3v) is 3.76. The van der Waals surface area contributed by atoms with E-state index in [-0.39, 0.29) is 24.9 Å². The predicted molar refractivity (Wildman–Crippen MR) is 106 cm³/mol. The van der Waals surface area contributed by atoms with Crippen LogP contribution in [0.25, 0.3) is 6.08 Å². The summed E-state index contributed by atoms with van der Waals surface area (Å²) in [5.41, 5.74) is 0.770. The first-order chi connectivity index (χ1) is 13.5. The van der Waals surface area contributed by atoms with E-state index in [2.05, 4.69) is 11.9 Å². The highest BCUT2D eigenvalue weighted by molar-refractivity contribution is 5.94. The summed E-state index contributed by atoms with van der Waals surface area (Å²) in [4.78, 5) is 25.5. The van der Waals surface area contributed by atoms with Crippen molar-refractivity contribution in [1.82, 2.24) is 10.2 Å². The number of carbonyl (C=O) groups excluding carboxylic acids is 2. The molecule has 0 bridgehead atoms. The number of furan rings is 1. The minimum Gasteiger partial charge on any atom is -0.493 e. The van der Waals surface area contributed by atoms with Crippen LogP contribution in [-0.4, -0.2) is 44.0 Å². The quantitative estimate of drug-likeness (QED) is 0.503. The molecule has 1 aromatic heterocycles. The van der Waals surface area contributed by atoms with Crippen LogP contribution in [0.2, 0.25) is 0 Å². The maximum Gasteiger partial charge on any atom is 0.246 e. The lowest BCUT2D eigenvalue weighted by Gasteiger charge is -2.14. The maximum absolute atomic E-state index is 12.2. The molecule has 148 valence electrons. The summed E-state index contributed by atoms with van der Waals surface area (Å²) in [5, 5.41) is 2.69. The Morgan fingerprint density at radius 1 is 1.29 bits per heavy atom. The van der Waals surface area contributed by atoms with Gasteiger partial charge in [-0.1, -0.05) is 18.7 Å². The molecule has 0 spiro atoms. The molecule has 1 aromatic carbocycles. The zero-order valence-electron chi connectivity index (χ0n) is 16.0. The predicted octanol–water partition coefficient (Wildman–Crippen LogP) is 2.64. The van der Waals surface area contributed by atoms with E-state index in [0.29, 0.717) is 23.9 Å². The first kappa shape index (κ1) is 20.8. The summed E-state index contributed by atoms with van der Waals surface area (Å²) in [7, 11) is 3.11. The highest BCUT2D eigenvalue weighted by Gasteiger charge is 2.11. The monoisotopic (exact) mass is 384 g/mol. The van der Waals surface area contributed by atoms with Crippen LogP contribution in [0.3, 0.4) is 0 Å². The molecular weight excluding hydrogens is 360 g/mol. The van der Waals surface area contributed by atoms with Gasteiger partial charge < -0.3 is 24.1 Å². The fraction of sp³-hybridized carbons (Fsp3) is 0.238. The minimum absolute atomic E-state index is 0.0540. The number of benzene rings is 1. The van der Waals surface area contributed by atoms with Crippen molar-refractivity contribution in [2.24, 2.45) is 0 Å². The molecule has 0 unspecified atom stereocenters. The summed E-state index contributed by atoms with van der Waals surface area (Å²) in [6.07, 6.45) is 6.24. The standard InChI is InChI=1S/C21H24N2O5/c1-4-11-28-18-9-7-16(13-19(18)26-3)8-10-21(25)23(2)15-20(24)22-14-17-6-5-12-27-17/h4-10,12-13H,1,11,14-15H2,2-3H3,(H,22,24). The van der Waals surface area contributed by atoms with Gasteiger partial charge in [0.1, 0.15) is 12.4 Å². The number of ether oxygens (including phenoxy) is 2. The molecule has 0 saturated carbocycles. The van der Waals surface area contributed by atoms with Crippen LogP contribution in [0.15, 0.2) is 59.7 Å². The molecule has 2 aromatic rings. The van der Waals surface area contributed by atoms with Gasteiger partial charge in [-0.05, 0) is 35.9 Å². The molecule has 0 aliphatic heterocycles. The van der Waals surface area contributed by atoms with E-state index in [0.717, 1.165) is 5.56 Å². The second-order valence-corrected chi connectivity index (χ2v) is 5.89. The summed E-state index contributed by atoms with van der Waals surface area (Å²) in [6.45, 7) is 4.21. The van der Waals surface area contributed by atoms with Crippen LogP contribution < -0.4 is 14.8 Å². The van der Waals surface area contributed by atoms with E-state index < -0.39 is 0 Å². The normalized spacial score (nSPS) is 10.5. The molecule has 0 saturated heterocycles. The van der Waals surface area contributed by atoms with Crippen molar-refractivity contribution in [3.8, 4) is 11.5 Å². The molecule has 0 atom stereocenters. The molecule has 1 N–H and O–H groups in total. The van der Waals surface area contributed by atoms with Crippen molar-refractivity contribution < 1.29 is 23.5 Å². The van der Waals surface area contributed by atoms with Gasteiger partial charge in [0.15, 0.2) is 11.5 Å². The number of methoxy groups -OCH3 is 1. The Balaban J connectivity index is 1.88. The van der Waals surface area contributed by atoms with Crippen LogP contribution in [0.1, 0.15) is 11.3 Å². The molecule has 0 aliphatic rings. The van der Waals surface area contributed by atoms with Crippen LogP contribution >= 0.6 is 0 Å². The average Bonchev–Trinajstić information content (AvgIpc) is 3.22. The largest absolute Gasteiger partial charge is 0.493 e. The Morgan fingerprint density at radius 2 is 2.11 bits per heavy atom. The second-order valence-electron chi connectivity index (χ2n) is 5.89. The summed E-state index contributed by atoms with van der Waals surface area (Å²) < 4.78 is 15.9. The van der Waals surface area contributed by atoms with Gasteiger partial charge in [-0.2, -0.15) is 0 Å². The van der Waals surface area contributed by atoms with E-state index in [1.807, 2.05) is 0 Å². The molecule has 0 radical (unpaired) electrons. The first-order valence-corrected chi connectivity index (χ1v) is 8.67. The molecule has 2 rings (SSSR count). The molecule has 28 heavy (non-hydrogen) atoms. The van der Waals surface area contributed by atoms with Crippen LogP contribution in [0.5, 0.6) is 11.5 Å². The van der Waals surface area contributed by atoms with Crippen molar-refractivity contribution in [3.63, 3.8) is 0 Å². The van der Waals surface area contributed by atoms with Gasteiger partial charge in [0.25, 0.3) is 0 Å². The fourth-order valence-corrected chi connectivity index (χ4v) is 2.30. The van der Waals surface area contributed by atoms with Crippen molar-refractivity contribution >= 4 is 17.9 Å². The molecule has 1 heterocycles.